The number of piperidine rings is 1. The third-order valence-corrected chi connectivity index (χ3v) is 6.17. The van der Waals surface area contributed by atoms with Gasteiger partial charge in [0.1, 0.15) is 12.1 Å². The van der Waals surface area contributed by atoms with Gasteiger partial charge < -0.3 is 24.8 Å². The van der Waals surface area contributed by atoms with Crippen LogP contribution in [-0.4, -0.2) is 79.6 Å². The van der Waals surface area contributed by atoms with Crippen LogP contribution in [0.4, 0.5) is 5.69 Å². The minimum absolute atomic E-state index is 0.0142. The van der Waals surface area contributed by atoms with Crippen molar-refractivity contribution in [2.24, 2.45) is 5.41 Å². The number of rotatable bonds is 7. The zero-order valence-electron chi connectivity index (χ0n) is 19.7. The van der Waals surface area contributed by atoms with Crippen LogP contribution in [0.3, 0.4) is 0 Å². The Kier molecular flexibility index (Phi) is 7.44. The summed E-state index contributed by atoms with van der Waals surface area (Å²) in [6, 6.07) is 9.84. The number of hydrogen-bond donors (Lipinski definition) is 1. The number of carbonyl (C=O) groups excluding carboxylic acids is 3. The molecule has 8 nitrogen and oxygen atoms in total. The van der Waals surface area contributed by atoms with E-state index < -0.39 is 5.54 Å². The van der Waals surface area contributed by atoms with Gasteiger partial charge in [-0.15, -0.1) is 0 Å². The molecular formula is C24H36N4O4. The minimum Gasteiger partial charge on any atom is -0.383 e. The molecule has 0 radical (unpaired) electrons. The predicted molar refractivity (Wildman–Crippen MR) is 123 cm³/mol. The number of nitrogens with one attached hydrogen (secondary N) is 1. The van der Waals surface area contributed by atoms with Crippen LogP contribution in [0, 0.1) is 5.41 Å². The van der Waals surface area contributed by atoms with E-state index in [0.29, 0.717) is 52.2 Å². The van der Waals surface area contributed by atoms with Crippen LogP contribution in [0.2, 0.25) is 0 Å². The van der Waals surface area contributed by atoms with Crippen molar-refractivity contribution in [2.45, 2.75) is 45.6 Å². The van der Waals surface area contributed by atoms with Gasteiger partial charge in [0, 0.05) is 38.9 Å². The summed E-state index contributed by atoms with van der Waals surface area (Å²) >= 11 is 0. The molecule has 0 unspecified atom stereocenters. The van der Waals surface area contributed by atoms with Crippen molar-refractivity contribution in [1.29, 1.82) is 0 Å². The number of ether oxygens (including phenoxy) is 1. The van der Waals surface area contributed by atoms with E-state index in [1.54, 1.807) is 12.0 Å². The second kappa shape index (κ2) is 9.90. The molecule has 176 valence electrons. The van der Waals surface area contributed by atoms with Gasteiger partial charge in [-0.05, 0) is 30.4 Å². The van der Waals surface area contributed by atoms with E-state index in [4.69, 9.17) is 4.74 Å². The molecule has 1 aromatic carbocycles. The average Bonchev–Trinajstić information content (AvgIpc) is 3.00. The summed E-state index contributed by atoms with van der Waals surface area (Å²) in [5.74, 6) is -0.0946. The molecule has 1 N–H and O–H groups in total. The first kappa shape index (κ1) is 24.0. The van der Waals surface area contributed by atoms with Gasteiger partial charge in [0.25, 0.3) is 5.91 Å². The van der Waals surface area contributed by atoms with Crippen molar-refractivity contribution < 1.29 is 19.1 Å². The van der Waals surface area contributed by atoms with E-state index in [1.807, 2.05) is 35.2 Å². The second-order valence-corrected chi connectivity index (χ2v) is 9.90. The Labute approximate surface area is 190 Å². The van der Waals surface area contributed by atoms with Crippen molar-refractivity contribution in [3.63, 3.8) is 0 Å². The zero-order chi connectivity index (χ0) is 23.4. The maximum Gasteiger partial charge on any atom is 0.250 e. The molecule has 3 amide bonds. The molecule has 2 aliphatic heterocycles. The molecule has 2 fully saturated rings. The average molecular weight is 445 g/mol. The largest absolute Gasteiger partial charge is 0.383 e. The SMILES string of the molecule is COCCNC(=O)CN1CN(c2ccccc2)C2(CCN(C(=O)CC(C)(C)C)CC2)C1=O. The first-order valence-electron chi connectivity index (χ1n) is 11.3. The van der Waals surface area contributed by atoms with E-state index >= 15 is 0 Å². The first-order chi connectivity index (χ1) is 15.2. The molecular weight excluding hydrogens is 408 g/mol. The number of benzene rings is 1. The third-order valence-electron chi connectivity index (χ3n) is 6.17. The van der Waals surface area contributed by atoms with E-state index in [9.17, 15) is 14.4 Å². The van der Waals surface area contributed by atoms with Crippen LogP contribution >= 0.6 is 0 Å². The maximum atomic E-state index is 13.6. The highest BCUT2D eigenvalue weighted by Crippen LogP contribution is 2.39. The molecule has 2 saturated heterocycles. The Morgan fingerprint density at radius 2 is 1.78 bits per heavy atom. The summed E-state index contributed by atoms with van der Waals surface area (Å²) in [7, 11) is 1.58. The third kappa shape index (κ3) is 5.41. The summed E-state index contributed by atoms with van der Waals surface area (Å²) in [6.45, 7) is 8.47. The molecule has 1 aromatic rings. The second-order valence-electron chi connectivity index (χ2n) is 9.90. The highest BCUT2D eigenvalue weighted by atomic mass is 16.5. The van der Waals surface area contributed by atoms with Gasteiger partial charge in [-0.2, -0.15) is 0 Å². The standard InChI is InChI=1S/C24H36N4O4/c1-23(2,3)16-21(30)26-13-10-24(11-14-26)22(31)27(17-20(29)25-12-15-32-4)18-28(24)19-8-6-5-7-9-19/h5-9H,10-18H2,1-4H3,(H,25,29). The molecule has 2 heterocycles. The van der Waals surface area contributed by atoms with Gasteiger partial charge >= 0.3 is 0 Å². The van der Waals surface area contributed by atoms with E-state index in [-0.39, 0.29) is 29.7 Å². The molecule has 0 aliphatic carbocycles. The minimum atomic E-state index is -0.729. The lowest BCUT2D eigenvalue weighted by Gasteiger charge is -2.43. The fourth-order valence-corrected chi connectivity index (χ4v) is 4.54. The van der Waals surface area contributed by atoms with Crippen molar-refractivity contribution >= 4 is 23.4 Å². The molecule has 32 heavy (non-hydrogen) atoms. The number of para-hydroxylation sites is 1. The zero-order valence-corrected chi connectivity index (χ0v) is 19.7. The van der Waals surface area contributed by atoms with Gasteiger partial charge in [-0.1, -0.05) is 39.0 Å². The summed E-state index contributed by atoms with van der Waals surface area (Å²) in [6.07, 6.45) is 1.60. The molecule has 0 saturated carbocycles. The highest BCUT2D eigenvalue weighted by molar-refractivity contribution is 5.96. The van der Waals surface area contributed by atoms with E-state index in [0.717, 1.165) is 5.69 Å². The summed E-state index contributed by atoms with van der Waals surface area (Å²) in [5.41, 5.74) is 0.156. The number of carbonyl (C=O) groups is 3. The number of amides is 3. The Morgan fingerprint density at radius 1 is 1.12 bits per heavy atom. The van der Waals surface area contributed by atoms with Crippen LogP contribution in [-0.2, 0) is 19.1 Å². The lowest BCUT2D eigenvalue weighted by atomic mass is 9.84. The van der Waals surface area contributed by atoms with Gasteiger partial charge in [-0.3, -0.25) is 14.4 Å². The predicted octanol–water partition coefficient (Wildman–Crippen LogP) is 1.85. The van der Waals surface area contributed by atoms with Gasteiger partial charge in [0.05, 0.1) is 13.3 Å². The number of nitrogens with zero attached hydrogens (tertiary/aromatic N) is 3. The molecule has 0 aromatic heterocycles. The highest BCUT2D eigenvalue weighted by Gasteiger charge is 2.54. The Hall–Kier alpha value is -2.61. The monoisotopic (exact) mass is 444 g/mol. The van der Waals surface area contributed by atoms with Crippen molar-refractivity contribution in [3.8, 4) is 0 Å². The molecule has 2 aliphatic rings. The lowest BCUT2D eigenvalue weighted by molar-refractivity contribution is -0.140. The maximum absolute atomic E-state index is 13.6. The van der Waals surface area contributed by atoms with Crippen molar-refractivity contribution in [1.82, 2.24) is 15.1 Å². The van der Waals surface area contributed by atoms with Crippen LogP contribution in [0.5, 0.6) is 0 Å². The van der Waals surface area contributed by atoms with Gasteiger partial charge in [0.15, 0.2) is 0 Å². The summed E-state index contributed by atoms with van der Waals surface area (Å²) in [4.78, 5) is 44.4. The number of anilines is 1. The Bertz CT molecular complexity index is 813. The van der Waals surface area contributed by atoms with Crippen molar-refractivity contribution in [2.75, 3.05) is 51.5 Å². The number of methoxy groups -OCH3 is 1. The molecule has 1 spiro atoms. The lowest BCUT2D eigenvalue weighted by Crippen LogP contribution is -2.57. The number of likely N-dealkylation sites (tertiary alicyclic amines) is 1. The van der Waals surface area contributed by atoms with E-state index in [2.05, 4.69) is 31.0 Å². The quantitative estimate of drug-likeness (QED) is 0.649. The first-order valence-corrected chi connectivity index (χ1v) is 11.3. The number of hydrogen-bond acceptors (Lipinski definition) is 5. The van der Waals surface area contributed by atoms with Crippen LogP contribution in [0.15, 0.2) is 30.3 Å². The van der Waals surface area contributed by atoms with Gasteiger partial charge in [0.2, 0.25) is 11.8 Å². The van der Waals surface area contributed by atoms with Crippen LogP contribution < -0.4 is 10.2 Å². The normalized spacial score (nSPS) is 18.4. The fraction of sp³-hybridized carbons (Fsp3) is 0.625. The van der Waals surface area contributed by atoms with E-state index in [1.165, 1.54) is 0 Å². The van der Waals surface area contributed by atoms with Crippen molar-refractivity contribution in [3.05, 3.63) is 30.3 Å². The topological polar surface area (TPSA) is 82.2 Å². The fourth-order valence-electron chi connectivity index (χ4n) is 4.54. The summed E-state index contributed by atoms with van der Waals surface area (Å²) < 4.78 is 4.97. The Morgan fingerprint density at radius 3 is 2.38 bits per heavy atom. The Balaban J connectivity index is 1.75. The molecule has 0 bridgehead atoms. The van der Waals surface area contributed by atoms with Crippen LogP contribution in [0.25, 0.3) is 0 Å². The smallest absolute Gasteiger partial charge is 0.250 e. The van der Waals surface area contributed by atoms with Gasteiger partial charge in [-0.25, -0.2) is 0 Å². The molecule has 0 atom stereocenters. The van der Waals surface area contributed by atoms with Crippen LogP contribution in [0.1, 0.15) is 40.0 Å². The molecule has 8 heteroatoms. The molecule has 3 rings (SSSR count). The summed E-state index contributed by atoms with van der Waals surface area (Å²) in [5, 5.41) is 2.79.